The zero-order chi connectivity index (χ0) is 25.7. The van der Waals surface area contributed by atoms with Gasteiger partial charge in [-0.1, -0.05) is 71.8 Å². The van der Waals surface area contributed by atoms with E-state index in [1.54, 1.807) is 30.3 Å². The minimum absolute atomic E-state index is 0.0943. The highest BCUT2D eigenvalue weighted by Crippen LogP contribution is 2.28. The number of ether oxygens (including phenoxy) is 1. The maximum absolute atomic E-state index is 13.5. The molecule has 0 radical (unpaired) electrons. The summed E-state index contributed by atoms with van der Waals surface area (Å²) in [5.41, 5.74) is 2.05. The van der Waals surface area contributed by atoms with E-state index < -0.39 is 22.5 Å². The summed E-state index contributed by atoms with van der Waals surface area (Å²) < 4.78 is 33.9. The van der Waals surface area contributed by atoms with E-state index in [0.29, 0.717) is 10.7 Å². The van der Waals surface area contributed by atoms with Crippen LogP contribution >= 0.6 is 11.6 Å². The van der Waals surface area contributed by atoms with Gasteiger partial charge in [0.05, 0.1) is 17.1 Å². The number of nitrogens with zero attached hydrogens (tertiary/aromatic N) is 1. The predicted octanol–water partition coefficient (Wildman–Crippen LogP) is 5.50. The van der Waals surface area contributed by atoms with Crippen molar-refractivity contribution in [1.82, 2.24) is 5.32 Å². The molecule has 0 heterocycles. The summed E-state index contributed by atoms with van der Waals surface area (Å²) in [5, 5.41) is 5.22. The highest BCUT2D eigenvalue weighted by molar-refractivity contribution is 7.92. The Morgan fingerprint density at radius 3 is 2.42 bits per heavy atom. The van der Waals surface area contributed by atoms with Gasteiger partial charge in [-0.25, -0.2) is 8.42 Å². The number of rotatable bonds is 9. The third-order valence-corrected chi connectivity index (χ3v) is 7.97. The summed E-state index contributed by atoms with van der Waals surface area (Å²) in [5.74, 6) is 0.268. The maximum atomic E-state index is 13.5. The Balaban J connectivity index is 1.47. The number of hydrogen-bond donors (Lipinski definition) is 1. The van der Waals surface area contributed by atoms with Gasteiger partial charge in [-0.3, -0.25) is 9.10 Å². The van der Waals surface area contributed by atoms with E-state index in [1.807, 2.05) is 56.3 Å². The van der Waals surface area contributed by atoms with Gasteiger partial charge in [-0.05, 0) is 55.1 Å². The number of nitrogens with one attached hydrogen (secondary N) is 1. The molecular formula is C28H27ClN2O4S. The van der Waals surface area contributed by atoms with Crippen LogP contribution in [0.15, 0.2) is 89.8 Å². The van der Waals surface area contributed by atoms with Crippen LogP contribution in [0.3, 0.4) is 0 Å². The molecule has 1 amide bonds. The molecule has 1 N–H and O–H groups in total. The van der Waals surface area contributed by atoms with Crippen LogP contribution in [-0.2, 0) is 14.8 Å². The van der Waals surface area contributed by atoms with Crippen LogP contribution in [0.4, 0.5) is 5.69 Å². The summed E-state index contributed by atoms with van der Waals surface area (Å²) >= 11 is 6.27. The molecule has 8 heteroatoms. The summed E-state index contributed by atoms with van der Waals surface area (Å²) in [6, 6.07) is 25.1. The molecule has 0 aliphatic heterocycles. The number of hydrogen-bond acceptors (Lipinski definition) is 4. The lowest BCUT2D eigenvalue weighted by atomic mass is 10.1. The molecular weight excluding hydrogens is 496 g/mol. The van der Waals surface area contributed by atoms with Gasteiger partial charge in [0.15, 0.2) is 0 Å². The number of amides is 1. The fraction of sp³-hybridized carbons (Fsp3) is 0.179. The monoisotopic (exact) mass is 522 g/mol. The molecule has 0 spiro atoms. The lowest BCUT2D eigenvalue weighted by Crippen LogP contribution is -2.42. The van der Waals surface area contributed by atoms with Crippen molar-refractivity contribution in [3.05, 3.63) is 101 Å². The first-order valence-electron chi connectivity index (χ1n) is 11.5. The Hall–Kier alpha value is -3.55. The van der Waals surface area contributed by atoms with Gasteiger partial charge in [-0.2, -0.15) is 0 Å². The number of aryl methyl sites for hydroxylation is 2. The highest BCUT2D eigenvalue weighted by atomic mass is 35.5. The Bertz CT molecular complexity index is 1480. The van der Waals surface area contributed by atoms with Gasteiger partial charge < -0.3 is 10.1 Å². The van der Waals surface area contributed by atoms with Crippen LogP contribution in [0.1, 0.15) is 11.1 Å². The van der Waals surface area contributed by atoms with E-state index in [9.17, 15) is 13.2 Å². The third-order valence-electron chi connectivity index (χ3n) is 5.77. The maximum Gasteiger partial charge on any atom is 0.264 e. The van der Waals surface area contributed by atoms with Gasteiger partial charge >= 0.3 is 0 Å². The first-order chi connectivity index (χ1) is 17.3. The zero-order valence-corrected chi connectivity index (χ0v) is 21.6. The zero-order valence-electron chi connectivity index (χ0n) is 20.1. The molecule has 0 bridgehead atoms. The Morgan fingerprint density at radius 1 is 0.944 bits per heavy atom. The topological polar surface area (TPSA) is 75.7 Å². The molecule has 0 unspecified atom stereocenters. The normalized spacial score (nSPS) is 11.3. The van der Waals surface area contributed by atoms with Crippen LogP contribution in [-0.4, -0.2) is 34.0 Å². The first-order valence-corrected chi connectivity index (χ1v) is 13.3. The van der Waals surface area contributed by atoms with E-state index in [0.717, 1.165) is 32.0 Å². The number of carbonyl (C=O) groups excluding carboxylic acids is 1. The smallest absolute Gasteiger partial charge is 0.264 e. The lowest BCUT2D eigenvalue weighted by molar-refractivity contribution is -0.119. The van der Waals surface area contributed by atoms with Gasteiger partial charge in [-0.15, -0.1) is 0 Å². The summed E-state index contributed by atoms with van der Waals surface area (Å²) in [6.45, 7) is 3.76. The number of halogens is 1. The molecule has 36 heavy (non-hydrogen) atoms. The molecule has 0 saturated heterocycles. The van der Waals surface area contributed by atoms with Crippen LogP contribution in [0.2, 0.25) is 5.02 Å². The Morgan fingerprint density at radius 2 is 1.67 bits per heavy atom. The number of sulfonamides is 1. The molecule has 4 aromatic rings. The quantitative estimate of drug-likeness (QED) is 0.294. The van der Waals surface area contributed by atoms with Crippen LogP contribution in [0.25, 0.3) is 10.8 Å². The van der Waals surface area contributed by atoms with Crippen LogP contribution in [0, 0.1) is 13.8 Å². The average molecular weight is 523 g/mol. The predicted molar refractivity (Wildman–Crippen MR) is 144 cm³/mol. The number of anilines is 1. The van der Waals surface area contributed by atoms with Crippen molar-refractivity contribution in [2.24, 2.45) is 0 Å². The van der Waals surface area contributed by atoms with Crippen LogP contribution < -0.4 is 14.4 Å². The molecule has 4 aromatic carbocycles. The van der Waals surface area contributed by atoms with Crippen molar-refractivity contribution in [2.75, 3.05) is 24.0 Å². The molecule has 6 nitrogen and oxygen atoms in total. The number of benzene rings is 4. The molecule has 0 saturated carbocycles. The molecule has 0 aliphatic rings. The van der Waals surface area contributed by atoms with Crippen molar-refractivity contribution in [2.45, 2.75) is 18.7 Å². The molecule has 4 rings (SSSR count). The molecule has 0 atom stereocenters. The van der Waals surface area contributed by atoms with Gasteiger partial charge in [0.1, 0.15) is 18.9 Å². The highest BCUT2D eigenvalue weighted by Gasteiger charge is 2.27. The van der Waals surface area contributed by atoms with E-state index in [-0.39, 0.29) is 18.0 Å². The second-order valence-electron chi connectivity index (χ2n) is 8.43. The van der Waals surface area contributed by atoms with Crippen molar-refractivity contribution < 1.29 is 17.9 Å². The van der Waals surface area contributed by atoms with Crippen molar-refractivity contribution in [3.8, 4) is 5.75 Å². The minimum Gasteiger partial charge on any atom is -0.491 e. The fourth-order valence-corrected chi connectivity index (χ4v) is 5.34. The summed E-state index contributed by atoms with van der Waals surface area (Å²) in [7, 11) is -4.01. The fourth-order valence-electron chi connectivity index (χ4n) is 3.75. The summed E-state index contributed by atoms with van der Waals surface area (Å²) in [6.07, 6.45) is 0. The third kappa shape index (κ3) is 5.80. The van der Waals surface area contributed by atoms with Gasteiger partial charge in [0, 0.05) is 10.4 Å². The Labute approximate surface area is 216 Å². The number of carbonyl (C=O) groups is 1. The Kier molecular flexibility index (Phi) is 7.82. The van der Waals surface area contributed by atoms with Crippen LogP contribution in [0.5, 0.6) is 5.75 Å². The number of fused-ring (bicyclic) bond motifs is 1. The van der Waals surface area contributed by atoms with E-state index in [2.05, 4.69) is 5.32 Å². The first kappa shape index (κ1) is 25.5. The minimum atomic E-state index is -4.01. The molecule has 186 valence electrons. The van der Waals surface area contributed by atoms with Gasteiger partial charge in [0.2, 0.25) is 5.91 Å². The largest absolute Gasteiger partial charge is 0.491 e. The second kappa shape index (κ2) is 11.0. The average Bonchev–Trinajstić information content (AvgIpc) is 2.87. The van der Waals surface area contributed by atoms with Crippen molar-refractivity contribution >= 4 is 44.0 Å². The van der Waals surface area contributed by atoms with Crippen molar-refractivity contribution in [1.29, 1.82) is 0 Å². The molecule has 0 aromatic heterocycles. The summed E-state index contributed by atoms with van der Waals surface area (Å²) in [4.78, 5) is 12.9. The lowest BCUT2D eigenvalue weighted by Gasteiger charge is -2.24. The second-order valence-corrected chi connectivity index (χ2v) is 10.7. The van der Waals surface area contributed by atoms with Crippen molar-refractivity contribution in [3.63, 3.8) is 0 Å². The SMILES string of the molecule is Cc1ccc(S(=O)(=O)N(CC(=O)NCCOc2cccc3ccccc23)c2ccc(C)c(Cl)c2)cc1. The van der Waals surface area contributed by atoms with Gasteiger partial charge in [0.25, 0.3) is 10.0 Å². The molecule has 0 aliphatic carbocycles. The standard InChI is InChI=1S/C28H27ClN2O4S/c1-20-10-14-24(15-11-20)36(33,34)31(23-13-12-21(2)26(29)18-23)19-28(32)30-16-17-35-27-9-5-7-22-6-3-4-8-25(22)27/h3-15,18H,16-17,19H2,1-2H3,(H,30,32). The van der Waals surface area contributed by atoms with E-state index >= 15 is 0 Å². The van der Waals surface area contributed by atoms with E-state index in [1.165, 1.54) is 12.1 Å². The molecule has 0 fully saturated rings. The van der Waals surface area contributed by atoms with E-state index in [4.69, 9.17) is 16.3 Å².